The first kappa shape index (κ1) is 19.2. The molecule has 2 aromatic rings. The van der Waals surface area contributed by atoms with Gasteiger partial charge in [-0.25, -0.2) is 9.78 Å². The summed E-state index contributed by atoms with van der Waals surface area (Å²) in [5.41, 5.74) is 2.26. The largest absolute Gasteiger partial charge is 0.357 e. The minimum absolute atomic E-state index is 0.0587. The molecule has 0 unspecified atom stereocenters. The van der Waals surface area contributed by atoms with Gasteiger partial charge in [0.05, 0.1) is 0 Å². The maximum Gasteiger partial charge on any atom is 0.319 e. The summed E-state index contributed by atoms with van der Waals surface area (Å²) in [4.78, 5) is 33.2. The Labute approximate surface area is 171 Å². The summed E-state index contributed by atoms with van der Waals surface area (Å²) >= 11 is 0. The van der Waals surface area contributed by atoms with Crippen LogP contribution in [0, 0.1) is 0 Å². The second-order valence-electron chi connectivity index (χ2n) is 7.60. The van der Waals surface area contributed by atoms with Crippen LogP contribution in [0.15, 0.2) is 42.6 Å². The van der Waals surface area contributed by atoms with E-state index in [9.17, 15) is 9.59 Å². The molecule has 0 bridgehead atoms. The minimum Gasteiger partial charge on any atom is -0.357 e. The third kappa shape index (κ3) is 4.85. The average Bonchev–Trinajstić information content (AvgIpc) is 3.47. The van der Waals surface area contributed by atoms with Gasteiger partial charge in [0.1, 0.15) is 5.82 Å². The Morgan fingerprint density at radius 1 is 0.897 bits per heavy atom. The number of amides is 3. The van der Waals surface area contributed by atoms with Crippen molar-refractivity contribution in [2.24, 2.45) is 0 Å². The summed E-state index contributed by atoms with van der Waals surface area (Å²) in [7, 11) is 0. The minimum atomic E-state index is -0.285. The van der Waals surface area contributed by atoms with Crippen molar-refractivity contribution in [3.63, 3.8) is 0 Å². The van der Waals surface area contributed by atoms with E-state index in [-0.39, 0.29) is 11.9 Å². The number of pyridine rings is 1. The highest BCUT2D eigenvalue weighted by atomic mass is 16.2. The number of urea groups is 1. The topological polar surface area (TPSA) is 77.6 Å². The molecule has 4 rings (SSSR count). The second-order valence-corrected chi connectivity index (χ2v) is 7.60. The molecule has 3 heterocycles. The van der Waals surface area contributed by atoms with Gasteiger partial charge in [-0.1, -0.05) is 6.07 Å². The van der Waals surface area contributed by atoms with Crippen LogP contribution in [0.4, 0.5) is 16.3 Å². The zero-order chi connectivity index (χ0) is 20.1. The summed E-state index contributed by atoms with van der Waals surface area (Å²) in [6.45, 7) is 4.19. The Bertz CT molecular complexity index is 839. The molecule has 0 spiro atoms. The molecule has 2 N–H and O–H groups in total. The number of nitrogens with zero attached hydrogens (tertiary/aromatic N) is 3. The number of anilines is 2. The summed E-state index contributed by atoms with van der Waals surface area (Å²) in [5.74, 6) is 1.06. The van der Waals surface area contributed by atoms with E-state index >= 15 is 0 Å². The highest BCUT2D eigenvalue weighted by Gasteiger charge is 2.19. The molecule has 0 aliphatic carbocycles. The molecular formula is C22H27N5O2. The molecule has 2 aliphatic rings. The van der Waals surface area contributed by atoms with Gasteiger partial charge in [-0.2, -0.15) is 0 Å². The predicted molar refractivity (Wildman–Crippen MR) is 113 cm³/mol. The van der Waals surface area contributed by atoms with Crippen molar-refractivity contribution >= 4 is 23.4 Å². The molecule has 0 radical (unpaired) electrons. The maximum atomic E-state index is 12.4. The molecule has 2 saturated heterocycles. The van der Waals surface area contributed by atoms with Crippen LogP contribution in [0.3, 0.4) is 0 Å². The Morgan fingerprint density at radius 3 is 2.24 bits per heavy atom. The molecule has 1 aromatic carbocycles. The van der Waals surface area contributed by atoms with Gasteiger partial charge in [0.2, 0.25) is 0 Å². The summed E-state index contributed by atoms with van der Waals surface area (Å²) in [6.07, 6.45) is 6.40. The maximum absolute atomic E-state index is 12.4. The van der Waals surface area contributed by atoms with E-state index in [1.807, 2.05) is 23.2 Å². The zero-order valence-corrected chi connectivity index (χ0v) is 16.6. The number of carbonyl (C=O) groups is 2. The number of aromatic nitrogens is 1. The SMILES string of the molecule is O=C(NCc1ccc(N2CCCC2)nc1)Nc1ccc(C(=O)N2CCCC2)cc1. The number of likely N-dealkylation sites (tertiary alicyclic amines) is 1. The smallest absolute Gasteiger partial charge is 0.319 e. The van der Waals surface area contributed by atoms with Crippen molar-refractivity contribution in [2.75, 3.05) is 36.4 Å². The lowest BCUT2D eigenvalue weighted by Crippen LogP contribution is -2.29. The van der Waals surface area contributed by atoms with Crippen molar-refractivity contribution in [1.29, 1.82) is 0 Å². The lowest BCUT2D eigenvalue weighted by molar-refractivity contribution is 0.0793. The van der Waals surface area contributed by atoms with E-state index in [4.69, 9.17) is 0 Å². The van der Waals surface area contributed by atoms with Crippen LogP contribution < -0.4 is 15.5 Å². The van der Waals surface area contributed by atoms with Crippen molar-refractivity contribution < 1.29 is 9.59 Å². The van der Waals surface area contributed by atoms with Crippen molar-refractivity contribution in [2.45, 2.75) is 32.2 Å². The molecule has 152 valence electrons. The summed E-state index contributed by atoms with van der Waals surface area (Å²) in [6, 6.07) is 10.8. The number of nitrogens with one attached hydrogen (secondary N) is 2. The fraction of sp³-hybridized carbons (Fsp3) is 0.409. The van der Waals surface area contributed by atoms with Gasteiger partial charge in [0.25, 0.3) is 5.91 Å². The Hall–Kier alpha value is -3.09. The number of hydrogen-bond donors (Lipinski definition) is 2. The number of hydrogen-bond acceptors (Lipinski definition) is 4. The van der Waals surface area contributed by atoms with Crippen LogP contribution in [-0.4, -0.2) is 48.0 Å². The quantitative estimate of drug-likeness (QED) is 0.818. The van der Waals surface area contributed by atoms with E-state index in [1.54, 1.807) is 24.3 Å². The number of carbonyl (C=O) groups excluding carboxylic acids is 2. The van der Waals surface area contributed by atoms with Gasteiger partial charge in [-0.15, -0.1) is 0 Å². The van der Waals surface area contributed by atoms with Crippen molar-refractivity contribution in [3.8, 4) is 0 Å². The van der Waals surface area contributed by atoms with Crippen LogP contribution in [-0.2, 0) is 6.54 Å². The van der Waals surface area contributed by atoms with Crippen molar-refractivity contribution in [1.82, 2.24) is 15.2 Å². The van der Waals surface area contributed by atoms with Crippen LogP contribution in [0.25, 0.3) is 0 Å². The molecule has 7 nitrogen and oxygen atoms in total. The molecule has 2 aliphatic heterocycles. The van der Waals surface area contributed by atoms with Gasteiger partial charge in [-0.3, -0.25) is 4.79 Å². The van der Waals surface area contributed by atoms with Crippen LogP contribution >= 0.6 is 0 Å². The summed E-state index contributed by atoms with van der Waals surface area (Å²) < 4.78 is 0. The summed E-state index contributed by atoms with van der Waals surface area (Å²) in [5, 5.41) is 5.64. The third-order valence-electron chi connectivity index (χ3n) is 5.48. The Balaban J connectivity index is 1.25. The first-order valence-electron chi connectivity index (χ1n) is 10.3. The molecular weight excluding hydrogens is 366 g/mol. The van der Waals surface area contributed by atoms with E-state index in [2.05, 4.69) is 20.5 Å². The lowest BCUT2D eigenvalue weighted by atomic mass is 10.2. The van der Waals surface area contributed by atoms with E-state index in [0.29, 0.717) is 17.8 Å². The predicted octanol–water partition coefficient (Wildman–Crippen LogP) is 3.24. The molecule has 0 saturated carbocycles. The van der Waals surface area contributed by atoms with Crippen molar-refractivity contribution in [3.05, 3.63) is 53.7 Å². The van der Waals surface area contributed by atoms with Gasteiger partial charge in [0.15, 0.2) is 0 Å². The number of rotatable bonds is 5. The van der Waals surface area contributed by atoms with E-state index < -0.39 is 0 Å². The van der Waals surface area contributed by atoms with Crippen LogP contribution in [0.1, 0.15) is 41.6 Å². The van der Waals surface area contributed by atoms with Gasteiger partial charge in [-0.05, 0) is 61.6 Å². The highest BCUT2D eigenvalue weighted by Crippen LogP contribution is 2.18. The Morgan fingerprint density at radius 2 is 1.59 bits per heavy atom. The first-order chi connectivity index (χ1) is 14.2. The molecule has 29 heavy (non-hydrogen) atoms. The Kier molecular flexibility index (Phi) is 5.93. The molecule has 3 amide bonds. The van der Waals surface area contributed by atoms with Crippen LogP contribution in [0.5, 0.6) is 0 Å². The normalized spacial score (nSPS) is 16.1. The number of benzene rings is 1. The molecule has 2 fully saturated rings. The highest BCUT2D eigenvalue weighted by molar-refractivity contribution is 5.95. The van der Waals surface area contributed by atoms with Gasteiger partial charge in [0, 0.05) is 50.2 Å². The molecule has 1 aromatic heterocycles. The monoisotopic (exact) mass is 393 g/mol. The van der Waals surface area contributed by atoms with Crippen LogP contribution in [0.2, 0.25) is 0 Å². The molecule has 0 atom stereocenters. The van der Waals surface area contributed by atoms with E-state index in [0.717, 1.165) is 50.4 Å². The zero-order valence-electron chi connectivity index (χ0n) is 16.6. The fourth-order valence-electron chi connectivity index (χ4n) is 3.81. The average molecular weight is 393 g/mol. The fourth-order valence-corrected chi connectivity index (χ4v) is 3.81. The van der Waals surface area contributed by atoms with Gasteiger partial charge < -0.3 is 20.4 Å². The second kappa shape index (κ2) is 8.94. The lowest BCUT2D eigenvalue weighted by Gasteiger charge is -2.16. The first-order valence-corrected chi connectivity index (χ1v) is 10.3. The standard InChI is InChI=1S/C22H27N5O2/c28-21(27-13-3-4-14-27)18-6-8-19(9-7-18)25-22(29)24-16-17-5-10-20(23-15-17)26-11-1-2-12-26/h5-10,15H,1-4,11-14,16H2,(H2,24,25,29). The van der Waals surface area contributed by atoms with Gasteiger partial charge >= 0.3 is 6.03 Å². The molecule has 7 heteroatoms. The van der Waals surface area contributed by atoms with E-state index in [1.165, 1.54) is 12.8 Å². The third-order valence-corrected chi connectivity index (χ3v) is 5.48.